The first-order valence-electron chi connectivity index (χ1n) is 8.47. The van der Waals surface area contributed by atoms with Gasteiger partial charge in [0.25, 0.3) is 0 Å². The first kappa shape index (κ1) is 14.4. The number of amides is 1. The monoisotopic (exact) mass is 310 g/mol. The van der Waals surface area contributed by atoms with Crippen molar-refractivity contribution in [1.82, 2.24) is 5.32 Å². The zero-order valence-corrected chi connectivity index (χ0v) is 13.2. The molecule has 4 nitrogen and oxygen atoms in total. The Morgan fingerprint density at radius 1 is 1.17 bits per heavy atom. The fourth-order valence-corrected chi connectivity index (χ4v) is 3.54. The van der Waals surface area contributed by atoms with Crippen molar-refractivity contribution in [2.24, 2.45) is 5.92 Å². The molecular formula is C19H22N2O2. The number of nitrogens with zero attached hydrogens (tertiary/aromatic N) is 1. The Hall–Kier alpha value is -2.23. The van der Waals surface area contributed by atoms with E-state index in [0.29, 0.717) is 6.54 Å². The van der Waals surface area contributed by atoms with Gasteiger partial charge in [-0.1, -0.05) is 18.2 Å². The smallest absolute Gasteiger partial charge is 0.224 e. The quantitative estimate of drug-likeness (QED) is 0.921. The Morgan fingerprint density at radius 3 is 2.78 bits per heavy atom. The first-order chi connectivity index (χ1) is 11.3. The maximum Gasteiger partial charge on any atom is 0.224 e. The van der Waals surface area contributed by atoms with Crippen LogP contribution in [0.5, 0.6) is 0 Å². The van der Waals surface area contributed by atoms with Gasteiger partial charge in [0.1, 0.15) is 5.76 Å². The van der Waals surface area contributed by atoms with E-state index in [1.54, 1.807) is 6.26 Å². The van der Waals surface area contributed by atoms with Gasteiger partial charge < -0.3 is 14.6 Å². The van der Waals surface area contributed by atoms with Gasteiger partial charge in [-0.05, 0) is 43.0 Å². The molecule has 0 spiro atoms. The Bertz CT molecular complexity index is 674. The molecule has 4 heteroatoms. The molecule has 4 rings (SSSR count). The number of benzene rings is 1. The molecule has 1 aromatic heterocycles. The van der Waals surface area contributed by atoms with Crippen molar-refractivity contribution in [3.63, 3.8) is 0 Å². The lowest BCUT2D eigenvalue weighted by molar-refractivity contribution is -0.122. The standard InChI is InChI=1S/C19H22N2O2/c22-19(16-12-15(16)18-8-5-11-23-18)20-13-14-6-1-2-7-17(14)21-9-3-4-10-21/h1-2,5-8,11,15-16H,3-4,9-10,12-13H2,(H,20,22)/t15-,16+/m1/s1. The topological polar surface area (TPSA) is 45.5 Å². The van der Waals surface area contributed by atoms with Crippen molar-refractivity contribution >= 4 is 11.6 Å². The Kier molecular flexibility index (Phi) is 3.82. The Morgan fingerprint density at radius 2 is 2.00 bits per heavy atom. The van der Waals surface area contributed by atoms with Crippen molar-refractivity contribution in [2.75, 3.05) is 18.0 Å². The summed E-state index contributed by atoms with van der Waals surface area (Å²) in [4.78, 5) is 14.8. The number of carbonyl (C=O) groups is 1. The van der Waals surface area contributed by atoms with Crippen LogP contribution in [0.25, 0.3) is 0 Å². The summed E-state index contributed by atoms with van der Waals surface area (Å²) in [5.74, 6) is 1.41. The molecule has 1 aromatic carbocycles. The fraction of sp³-hybridized carbons (Fsp3) is 0.421. The van der Waals surface area contributed by atoms with Crippen molar-refractivity contribution < 1.29 is 9.21 Å². The SMILES string of the molecule is O=C(NCc1ccccc1N1CCCC1)[C@H]1C[C@H]1c1ccco1. The number of rotatable bonds is 5. The van der Waals surface area contributed by atoms with Gasteiger partial charge in [-0.2, -0.15) is 0 Å². The summed E-state index contributed by atoms with van der Waals surface area (Å²) in [6.07, 6.45) is 5.09. The minimum Gasteiger partial charge on any atom is -0.469 e. The van der Waals surface area contributed by atoms with Crippen LogP contribution in [0.2, 0.25) is 0 Å². The molecule has 1 N–H and O–H groups in total. The molecule has 23 heavy (non-hydrogen) atoms. The third kappa shape index (κ3) is 2.98. The van der Waals surface area contributed by atoms with Gasteiger partial charge in [0.15, 0.2) is 0 Å². The number of para-hydroxylation sites is 1. The van der Waals surface area contributed by atoms with Gasteiger partial charge in [-0.3, -0.25) is 4.79 Å². The van der Waals surface area contributed by atoms with Crippen LogP contribution in [0.3, 0.4) is 0 Å². The van der Waals surface area contributed by atoms with Crippen LogP contribution in [-0.4, -0.2) is 19.0 Å². The van der Waals surface area contributed by atoms with E-state index >= 15 is 0 Å². The predicted octanol–water partition coefficient (Wildman–Crippen LogP) is 3.30. The number of nitrogens with one attached hydrogen (secondary N) is 1. The predicted molar refractivity (Wildman–Crippen MR) is 89.3 cm³/mol. The Balaban J connectivity index is 1.37. The summed E-state index contributed by atoms with van der Waals surface area (Å²) in [5, 5.41) is 3.11. The maximum atomic E-state index is 12.4. The highest BCUT2D eigenvalue weighted by Gasteiger charge is 2.45. The number of hydrogen-bond donors (Lipinski definition) is 1. The number of hydrogen-bond acceptors (Lipinski definition) is 3. The number of carbonyl (C=O) groups excluding carboxylic acids is 1. The van der Waals surface area contributed by atoms with E-state index in [1.807, 2.05) is 18.2 Å². The van der Waals surface area contributed by atoms with Crippen molar-refractivity contribution in [2.45, 2.75) is 31.7 Å². The zero-order valence-electron chi connectivity index (χ0n) is 13.2. The highest BCUT2D eigenvalue weighted by molar-refractivity contribution is 5.82. The second-order valence-corrected chi connectivity index (χ2v) is 6.50. The van der Waals surface area contributed by atoms with Crippen LogP contribution in [0, 0.1) is 5.92 Å². The van der Waals surface area contributed by atoms with Crippen molar-refractivity contribution in [3.05, 3.63) is 54.0 Å². The van der Waals surface area contributed by atoms with E-state index in [4.69, 9.17) is 4.42 Å². The van der Waals surface area contributed by atoms with Crippen molar-refractivity contribution in [3.8, 4) is 0 Å². The van der Waals surface area contributed by atoms with Crippen LogP contribution in [0.15, 0.2) is 47.1 Å². The van der Waals surface area contributed by atoms with Gasteiger partial charge >= 0.3 is 0 Å². The second kappa shape index (κ2) is 6.11. The lowest BCUT2D eigenvalue weighted by Crippen LogP contribution is -2.27. The van der Waals surface area contributed by atoms with Gasteiger partial charge in [0.2, 0.25) is 5.91 Å². The molecule has 2 atom stereocenters. The van der Waals surface area contributed by atoms with Crippen LogP contribution in [-0.2, 0) is 11.3 Å². The van der Waals surface area contributed by atoms with E-state index in [0.717, 1.165) is 25.3 Å². The minimum absolute atomic E-state index is 0.0695. The van der Waals surface area contributed by atoms with E-state index in [2.05, 4.69) is 28.4 Å². The van der Waals surface area contributed by atoms with E-state index < -0.39 is 0 Å². The van der Waals surface area contributed by atoms with E-state index in [9.17, 15) is 4.79 Å². The molecule has 2 fully saturated rings. The summed E-state index contributed by atoms with van der Waals surface area (Å²) in [6, 6.07) is 12.2. The van der Waals surface area contributed by atoms with E-state index in [1.165, 1.54) is 24.1 Å². The van der Waals surface area contributed by atoms with Crippen LogP contribution in [0.4, 0.5) is 5.69 Å². The molecule has 1 aliphatic carbocycles. The van der Waals surface area contributed by atoms with Crippen LogP contribution in [0.1, 0.15) is 36.5 Å². The molecule has 0 unspecified atom stereocenters. The summed E-state index contributed by atoms with van der Waals surface area (Å²) in [7, 11) is 0. The summed E-state index contributed by atoms with van der Waals surface area (Å²) >= 11 is 0. The number of anilines is 1. The lowest BCUT2D eigenvalue weighted by Gasteiger charge is -2.21. The molecule has 120 valence electrons. The molecule has 2 aliphatic rings. The van der Waals surface area contributed by atoms with Crippen LogP contribution >= 0.6 is 0 Å². The molecule has 1 saturated heterocycles. The molecule has 0 bridgehead atoms. The second-order valence-electron chi connectivity index (χ2n) is 6.50. The highest BCUT2D eigenvalue weighted by atomic mass is 16.3. The normalized spacial score (nSPS) is 23.0. The average Bonchev–Trinajstić information content (AvgIpc) is 3.01. The van der Waals surface area contributed by atoms with Gasteiger partial charge in [0.05, 0.1) is 6.26 Å². The zero-order chi connectivity index (χ0) is 15.6. The lowest BCUT2D eigenvalue weighted by atomic mass is 10.1. The molecule has 1 aliphatic heterocycles. The largest absolute Gasteiger partial charge is 0.469 e. The first-order valence-corrected chi connectivity index (χ1v) is 8.47. The third-order valence-electron chi connectivity index (χ3n) is 4.93. The van der Waals surface area contributed by atoms with Gasteiger partial charge in [-0.15, -0.1) is 0 Å². The van der Waals surface area contributed by atoms with Gasteiger partial charge in [-0.25, -0.2) is 0 Å². The minimum atomic E-state index is 0.0695. The summed E-state index contributed by atoms with van der Waals surface area (Å²) < 4.78 is 5.40. The van der Waals surface area contributed by atoms with E-state index in [-0.39, 0.29) is 17.7 Å². The molecule has 1 amide bonds. The molecular weight excluding hydrogens is 288 g/mol. The molecule has 2 aromatic rings. The maximum absolute atomic E-state index is 12.4. The fourth-order valence-electron chi connectivity index (χ4n) is 3.54. The molecule has 0 radical (unpaired) electrons. The molecule has 2 heterocycles. The Labute approximate surface area is 136 Å². The summed E-state index contributed by atoms with van der Waals surface area (Å²) in [6.45, 7) is 2.84. The summed E-state index contributed by atoms with van der Waals surface area (Å²) in [5.41, 5.74) is 2.47. The van der Waals surface area contributed by atoms with Gasteiger partial charge in [0, 0.05) is 37.2 Å². The highest BCUT2D eigenvalue weighted by Crippen LogP contribution is 2.47. The average molecular weight is 310 g/mol. The van der Waals surface area contributed by atoms with Crippen LogP contribution < -0.4 is 10.2 Å². The third-order valence-corrected chi connectivity index (χ3v) is 4.93. The molecule has 1 saturated carbocycles. The van der Waals surface area contributed by atoms with Crippen molar-refractivity contribution in [1.29, 1.82) is 0 Å². The number of furan rings is 1.